The monoisotopic (exact) mass is 234 g/mol. The number of nitrogens with zero attached hydrogens (tertiary/aromatic N) is 1. The lowest BCUT2D eigenvalue weighted by Crippen LogP contribution is -2.28. The van der Waals surface area contributed by atoms with Gasteiger partial charge >= 0.3 is 0 Å². The van der Waals surface area contributed by atoms with Crippen molar-refractivity contribution in [2.24, 2.45) is 5.92 Å². The summed E-state index contributed by atoms with van der Waals surface area (Å²) in [7, 11) is 0. The Labute approximate surface area is 101 Å². The summed E-state index contributed by atoms with van der Waals surface area (Å²) in [6.45, 7) is 2.22. The molecule has 84 valence electrons. The molecule has 0 amide bonds. The zero-order valence-electron chi connectivity index (χ0n) is 9.17. The van der Waals surface area contributed by atoms with Gasteiger partial charge in [0.1, 0.15) is 0 Å². The second-order valence-electron chi connectivity index (χ2n) is 4.32. The Bertz CT molecular complexity index is 403. The van der Waals surface area contributed by atoms with Crippen LogP contribution in [0.2, 0.25) is 5.02 Å². The minimum atomic E-state index is 0.638. The molecule has 0 saturated carbocycles. The maximum atomic E-state index is 8.76. The third-order valence-corrected chi connectivity index (χ3v) is 3.50. The van der Waals surface area contributed by atoms with Crippen LogP contribution in [-0.2, 0) is 6.42 Å². The zero-order chi connectivity index (χ0) is 11.4. The van der Waals surface area contributed by atoms with Crippen LogP contribution in [0.5, 0.6) is 0 Å². The van der Waals surface area contributed by atoms with Gasteiger partial charge in [-0.05, 0) is 56.0 Å². The van der Waals surface area contributed by atoms with Crippen LogP contribution in [-0.4, -0.2) is 13.1 Å². The van der Waals surface area contributed by atoms with Gasteiger partial charge in [0.05, 0.1) is 11.6 Å². The van der Waals surface area contributed by atoms with Crippen molar-refractivity contribution in [1.29, 1.82) is 5.26 Å². The highest BCUT2D eigenvalue weighted by molar-refractivity contribution is 6.31. The molecule has 1 aliphatic rings. The fourth-order valence-corrected chi connectivity index (χ4v) is 2.44. The molecule has 0 bridgehead atoms. The van der Waals surface area contributed by atoms with Crippen molar-refractivity contribution in [3.8, 4) is 6.07 Å². The molecule has 1 heterocycles. The van der Waals surface area contributed by atoms with Crippen molar-refractivity contribution < 1.29 is 0 Å². The summed E-state index contributed by atoms with van der Waals surface area (Å²) in [4.78, 5) is 0. The lowest BCUT2D eigenvalue weighted by molar-refractivity contribution is 0.373. The quantitative estimate of drug-likeness (QED) is 0.854. The molecule has 1 saturated heterocycles. The first-order chi connectivity index (χ1) is 7.79. The topological polar surface area (TPSA) is 35.8 Å². The second kappa shape index (κ2) is 5.34. The van der Waals surface area contributed by atoms with E-state index in [1.165, 1.54) is 18.4 Å². The lowest BCUT2D eigenvalue weighted by atomic mass is 9.91. The van der Waals surface area contributed by atoms with Crippen LogP contribution in [0.4, 0.5) is 0 Å². The van der Waals surface area contributed by atoms with Crippen molar-refractivity contribution in [2.45, 2.75) is 19.3 Å². The summed E-state index contributed by atoms with van der Waals surface area (Å²) in [5.41, 5.74) is 1.81. The summed E-state index contributed by atoms with van der Waals surface area (Å²) in [6, 6.07) is 7.70. The first kappa shape index (κ1) is 11.4. The molecular formula is C13H15ClN2. The summed E-state index contributed by atoms with van der Waals surface area (Å²) >= 11 is 6.16. The van der Waals surface area contributed by atoms with Crippen LogP contribution in [0.25, 0.3) is 0 Å². The number of hydrogen-bond acceptors (Lipinski definition) is 2. The number of halogens is 1. The van der Waals surface area contributed by atoms with Crippen molar-refractivity contribution in [3.63, 3.8) is 0 Å². The molecule has 0 spiro atoms. The lowest BCUT2D eigenvalue weighted by Gasteiger charge is -2.22. The first-order valence-electron chi connectivity index (χ1n) is 5.69. The molecule has 1 aromatic carbocycles. The Morgan fingerprint density at radius 3 is 2.75 bits per heavy atom. The molecule has 0 radical (unpaired) electrons. The fraction of sp³-hybridized carbons (Fsp3) is 0.462. The van der Waals surface area contributed by atoms with Gasteiger partial charge in [0, 0.05) is 5.02 Å². The predicted octanol–water partition coefficient (Wildman–Crippen LogP) is 2.75. The molecule has 1 fully saturated rings. The van der Waals surface area contributed by atoms with Crippen LogP contribution < -0.4 is 5.32 Å². The molecule has 0 aromatic heterocycles. The number of nitrogens with one attached hydrogen (secondary N) is 1. The van der Waals surface area contributed by atoms with Crippen LogP contribution in [0.3, 0.4) is 0 Å². The molecule has 0 aliphatic carbocycles. The molecule has 1 N–H and O–H groups in total. The molecule has 3 heteroatoms. The van der Waals surface area contributed by atoms with E-state index in [0.29, 0.717) is 5.56 Å². The van der Waals surface area contributed by atoms with Gasteiger partial charge in [0.2, 0.25) is 0 Å². The summed E-state index contributed by atoms with van der Waals surface area (Å²) in [6.07, 6.45) is 3.47. The molecule has 1 aliphatic heterocycles. The van der Waals surface area contributed by atoms with Gasteiger partial charge in [-0.25, -0.2) is 0 Å². The van der Waals surface area contributed by atoms with Gasteiger partial charge in [-0.15, -0.1) is 0 Å². The van der Waals surface area contributed by atoms with E-state index in [2.05, 4.69) is 11.4 Å². The largest absolute Gasteiger partial charge is 0.317 e. The van der Waals surface area contributed by atoms with E-state index in [1.807, 2.05) is 12.1 Å². The highest BCUT2D eigenvalue weighted by Crippen LogP contribution is 2.24. The first-order valence-corrected chi connectivity index (χ1v) is 6.06. The van der Waals surface area contributed by atoms with Crippen LogP contribution in [0, 0.1) is 17.2 Å². The Morgan fingerprint density at radius 2 is 2.12 bits per heavy atom. The van der Waals surface area contributed by atoms with Crippen molar-refractivity contribution >= 4 is 11.6 Å². The van der Waals surface area contributed by atoms with Gasteiger partial charge in [-0.1, -0.05) is 17.7 Å². The summed E-state index contributed by atoms with van der Waals surface area (Å²) in [5.74, 6) is 0.728. The molecule has 1 aromatic rings. The van der Waals surface area contributed by atoms with Crippen LogP contribution in [0.15, 0.2) is 18.2 Å². The summed E-state index contributed by atoms with van der Waals surface area (Å²) < 4.78 is 0. The van der Waals surface area contributed by atoms with Crippen LogP contribution >= 0.6 is 11.6 Å². The zero-order valence-corrected chi connectivity index (χ0v) is 9.93. The Kier molecular flexibility index (Phi) is 3.82. The Hall–Kier alpha value is -1.04. The number of hydrogen-bond donors (Lipinski definition) is 1. The standard InChI is InChI=1S/C13H15ClN2/c14-13-8-11(9-15)1-2-12(13)7-10-3-5-16-6-4-10/h1-2,8,10,16H,3-7H2. The van der Waals surface area contributed by atoms with Crippen molar-refractivity contribution in [2.75, 3.05) is 13.1 Å². The van der Waals surface area contributed by atoms with Crippen molar-refractivity contribution in [3.05, 3.63) is 34.3 Å². The smallest absolute Gasteiger partial charge is 0.0992 e. The van der Waals surface area contributed by atoms with E-state index in [-0.39, 0.29) is 0 Å². The van der Waals surface area contributed by atoms with E-state index >= 15 is 0 Å². The van der Waals surface area contributed by atoms with E-state index in [4.69, 9.17) is 16.9 Å². The molecule has 0 atom stereocenters. The fourth-order valence-electron chi connectivity index (χ4n) is 2.18. The van der Waals surface area contributed by atoms with E-state index in [1.54, 1.807) is 6.07 Å². The highest BCUT2D eigenvalue weighted by Gasteiger charge is 2.14. The minimum Gasteiger partial charge on any atom is -0.317 e. The van der Waals surface area contributed by atoms with Gasteiger partial charge in [0.25, 0.3) is 0 Å². The number of nitriles is 1. The summed E-state index contributed by atoms with van der Waals surface area (Å²) in [5, 5.41) is 12.8. The average Bonchev–Trinajstić information content (AvgIpc) is 2.33. The molecular weight excluding hydrogens is 220 g/mol. The Balaban J connectivity index is 2.06. The van der Waals surface area contributed by atoms with E-state index in [9.17, 15) is 0 Å². The van der Waals surface area contributed by atoms with Gasteiger partial charge in [-0.3, -0.25) is 0 Å². The molecule has 16 heavy (non-hydrogen) atoms. The molecule has 2 nitrogen and oxygen atoms in total. The van der Waals surface area contributed by atoms with Gasteiger partial charge < -0.3 is 5.32 Å². The van der Waals surface area contributed by atoms with Gasteiger partial charge in [-0.2, -0.15) is 5.26 Å². The number of benzene rings is 1. The SMILES string of the molecule is N#Cc1ccc(CC2CCNCC2)c(Cl)c1. The highest BCUT2D eigenvalue weighted by atomic mass is 35.5. The Morgan fingerprint density at radius 1 is 1.38 bits per heavy atom. The van der Waals surface area contributed by atoms with Crippen LogP contribution in [0.1, 0.15) is 24.0 Å². The third kappa shape index (κ3) is 2.75. The van der Waals surface area contributed by atoms with E-state index in [0.717, 1.165) is 30.5 Å². The maximum Gasteiger partial charge on any atom is 0.0992 e. The van der Waals surface area contributed by atoms with Crippen molar-refractivity contribution in [1.82, 2.24) is 5.32 Å². The third-order valence-electron chi connectivity index (χ3n) is 3.15. The van der Waals surface area contributed by atoms with Gasteiger partial charge in [0.15, 0.2) is 0 Å². The maximum absolute atomic E-state index is 8.76. The normalized spacial score (nSPS) is 17.0. The van der Waals surface area contributed by atoms with E-state index < -0.39 is 0 Å². The average molecular weight is 235 g/mol. The molecule has 0 unspecified atom stereocenters. The minimum absolute atomic E-state index is 0.638. The predicted molar refractivity (Wildman–Crippen MR) is 65.5 cm³/mol. The second-order valence-corrected chi connectivity index (χ2v) is 4.72. The molecule has 2 rings (SSSR count). The number of rotatable bonds is 2. The number of piperidine rings is 1.